The summed E-state index contributed by atoms with van der Waals surface area (Å²) >= 11 is 0. The molecular weight excluding hydrogens is 531 g/mol. The number of carboxylic acid groups (broad SMARTS) is 1. The molecule has 0 spiro atoms. The first-order valence-electron chi connectivity index (χ1n) is 12.8. The average molecular weight is 566 g/mol. The Morgan fingerprint density at radius 2 is 1.56 bits per heavy atom. The summed E-state index contributed by atoms with van der Waals surface area (Å²) in [6.45, 7) is 4.38. The smallest absolute Gasteiger partial charge is 0.393 e. The van der Waals surface area contributed by atoms with Crippen LogP contribution in [0.4, 0.5) is 13.2 Å². The van der Waals surface area contributed by atoms with E-state index in [9.17, 15) is 26.4 Å². The van der Waals surface area contributed by atoms with Crippen molar-refractivity contribution in [2.75, 3.05) is 26.3 Å². The molecule has 0 amide bonds. The molecule has 1 heterocycles. The van der Waals surface area contributed by atoms with Crippen molar-refractivity contribution in [3.8, 4) is 0 Å². The first kappa shape index (κ1) is 30.6. The third-order valence-electron chi connectivity index (χ3n) is 6.58. The number of rotatable bonds is 11. The van der Waals surface area contributed by atoms with Crippen LogP contribution in [0.25, 0.3) is 5.57 Å². The molecule has 3 rings (SSSR count). The molecule has 10 heteroatoms. The molecule has 0 unspecified atom stereocenters. The maximum Gasteiger partial charge on any atom is 0.393 e. The summed E-state index contributed by atoms with van der Waals surface area (Å²) in [5.74, 6) is -1.02. The highest BCUT2D eigenvalue weighted by atomic mass is 32.2. The SMILES string of the molecule is CC(C)=C(Cc1ccccc1S(=O)(=O)N1CCOCC1)C(CC(F)(F)F)=C(CCCC(=O)O)c1ccccc1. The molecule has 0 bridgehead atoms. The number of ether oxygens (including phenoxy) is 1. The molecule has 212 valence electrons. The molecule has 0 aliphatic carbocycles. The second kappa shape index (κ2) is 13.4. The van der Waals surface area contributed by atoms with Crippen molar-refractivity contribution < 1.29 is 36.2 Å². The molecule has 1 fully saturated rings. The Morgan fingerprint density at radius 1 is 0.949 bits per heavy atom. The van der Waals surface area contributed by atoms with Crippen molar-refractivity contribution in [3.63, 3.8) is 0 Å². The average Bonchev–Trinajstić information content (AvgIpc) is 2.89. The number of sulfonamides is 1. The predicted octanol–water partition coefficient (Wildman–Crippen LogP) is 6.25. The van der Waals surface area contributed by atoms with Crippen molar-refractivity contribution >= 4 is 21.6 Å². The molecule has 0 aromatic heterocycles. The van der Waals surface area contributed by atoms with E-state index in [0.717, 1.165) is 0 Å². The van der Waals surface area contributed by atoms with Crippen LogP contribution in [0.15, 0.2) is 76.2 Å². The molecule has 1 aliphatic rings. The van der Waals surface area contributed by atoms with Crippen LogP contribution in [0.5, 0.6) is 0 Å². The lowest BCUT2D eigenvalue weighted by Gasteiger charge is -2.27. The first-order chi connectivity index (χ1) is 18.4. The van der Waals surface area contributed by atoms with Gasteiger partial charge in [-0.25, -0.2) is 8.42 Å². The summed E-state index contributed by atoms with van der Waals surface area (Å²) < 4.78 is 75.8. The van der Waals surface area contributed by atoms with Crippen LogP contribution in [0.2, 0.25) is 0 Å². The number of aliphatic carboxylic acids is 1. The normalized spacial score (nSPS) is 15.5. The molecule has 2 aromatic carbocycles. The highest BCUT2D eigenvalue weighted by molar-refractivity contribution is 7.89. The Balaban J connectivity index is 2.16. The minimum atomic E-state index is -4.54. The van der Waals surface area contributed by atoms with Gasteiger partial charge in [0.2, 0.25) is 10.0 Å². The monoisotopic (exact) mass is 565 g/mol. The number of allylic oxidation sites excluding steroid dienone is 4. The summed E-state index contributed by atoms with van der Waals surface area (Å²) in [6.07, 6.45) is -5.67. The molecule has 0 saturated carbocycles. The summed E-state index contributed by atoms with van der Waals surface area (Å²) in [4.78, 5) is 11.2. The van der Waals surface area contributed by atoms with Crippen LogP contribution >= 0.6 is 0 Å². The molecule has 1 N–H and O–H groups in total. The number of alkyl halides is 3. The second-order valence-corrected chi connectivity index (χ2v) is 11.5. The van der Waals surface area contributed by atoms with E-state index >= 15 is 0 Å². The summed E-state index contributed by atoms with van der Waals surface area (Å²) in [5, 5.41) is 9.15. The van der Waals surface area contributed by atoms with Crippen molar-refractivity contribution in [2.45, 2.75) is 57.0 Å². The number of morpholine rings is 1. The molecule has 1 aliphatic heterocycles. The number of nitrogens with zero attached hydrogens (tertiary/aromatic N) is 1. The fourth-order valence-electron chi connectivity index (χ4n) is 4.72. The maximum absolute atomic E-state index is 14.0. The summed E-state index contributed by atoms with van der Waals surface area (Å²) in [6, 6.07) is 15.0. The number of carboxylic acids is 1. The largest absolute Gasteiger partial charge is 0.481 e. The number of carbonyl (C=O) groups is 1. The zero-order chi connectivity index (χ0) is 28.6. The molecule has 0 atom stereocenters. The van der Waals surface area contributed by atoms with E-state index in [1.165, 1.54) is 10.4 Å². The van der Waals surface area contributed by atoms with Crippen molar-refractivity contribution in [1.82, 2.24) is 4.31 Å². The van der Waals surface area contributed by atoms with Crippen LogP contribution in [0.3, 0.4) is 0 Å². The molecule has 1 saturated heterocycles. The summed E-state index contributed by atoms with van der Waals surface area (Å²) in [5.41, 5.74) is 2.47. The van der Waals surface area contributed by atoms with Gasteiger partial charge in [0.25, 0.3) is 0 Å². The molecule has 2 aromatic rings. The Kier molecular flexibility index (Phi) is 10.5. The fourth-order valence-corrected chi connectivity index (χ4v) is 6.35. The van der Waals surface area contributed by atoms with E-state index in [-0.39, 0.29) is 62.5 Å². The Bertz CT molecular complexity index is 1310. The standard InChI is InChI=1S/C29H34F3NO5S/c1-21(2)25(19-23-11-6-7-13-27(23)39(36,37)33-15-17-38-18-16-33)26(20-29(30,31)32)24(12-8-14-28(34)35)22-9-4-3-5-10-22/h3-7,9-11,13H,8,12,14-20H2,1-2H3,(H,34,35). The van der Waals surface area contributed by atoms with Crippen LogP contribution in [0.1, 0.15) is 50.7 Å². The second-order valence-electron chi connectivity index (χ2n) is 9.64. The third kappa shape index (κ3) is 8.52. The fraction of sp³-hybridized carbons (Fsp3) is 0.414. The van der Waals surface area contributed by atoms with Gasteiger partial charge < -0.3 is 9.84 Å². The Labute approximate surface area is 227 Å². The Morgan fingerprint density at radius 3 is 2.15 bits per heavy atom. The number of hydrogen-bond acceptors (Lipinski definition) is 4. The van der Waals surface area contributed by atoms with Crippen molar-refractivity contribution in [3.05, 3.63) is 82.4 Å². The zero-order valence-electron chi connectivity index (χ0n) is 22.1. The molecule has 6 nitrogen and oxygen atoms in total. The van der Waals surface area contributed by atoms with Gasteiger partial charge in [-0.2, -0.15) is 17.5 Å². The highest BCUT2D eigenvalue weighted by Gasteiger charge is 2.33. The van der Waals surface area contributed by atoms with Gasteiger partial charge >= 0.3 is 12.1 Å². The topological polar surface area (TPSA) is 83.9 Å². The zero-order valence-corrected chi connectivity index (χ0v) is 22.9. The minimum absolute atomic E-state index is 0.0250. The van der Waals surface area contributed by atoms with E-state index in [4.69, 9.17) is 9.84 Å². The van der Waals surface area contributed by atoms with Crippen LogP contribution in [-0.2, 0) is 26.0 Å². The predicted molar refractivity (Wildman–Crippen MR) is 144 cm³/mol. The van der Waals surface area contributed by atoms with Crippen molar-refractivity contribution in [1.29, 1.82) is 0 Å². The van der Waals surface area contributed by atoms with Crippen LogP contribution < -0.4 is 0 Å². The van der Waals surface area contributed by atoms with Gasteiger partial charge in [-0.15, -0.1) is 0 Å². The Hall–Kier alpha value is -2.95. The van der Waals surface area contributed by atoms with Crippen LogP contribution in [-0.4, -0.2) is 56.3 Å². The minimum Gasteiger partial charge on any atom is -0.481 e. The van der Waals surface area contributed by atoms with Gasteiger partial charge in [0.05, 0.1) is 24.5 Å². The van der Waals surface area contributed by atoms with E-state index in [2.05, 4.69) is 0 Å². The number of benzene rings is 2. The number of hydrogen-bond donors (Lipinski definition) is 1. The van der Waals surface area contributed by atoms with Gasteiger partial charge in [-0.1, -0.05) is 54.1 Å². The lowest BCUT2D eigenvalue weighted by atomic mass is 9.84. The third-order valence-corrected chi connectivity index (χ3v) is 8.58. The maximum atomic E-state index is 14.0. The van der Waals surface area contributed by atoms with Crippen molar-refractivity contribution in [2.24, 2.45) is 0 Å². The number of halogens is 3. The molecule has 39 heavy (non-hydrogen) atoms. The van der Waals surface area contributed by atoms with Gasteiger partial charge in [-0.3, -0.25) is 4.79 Å². The van der Waals surface area contributed by atoms with Gasteiger partial charge in [0.15, 0.2) is 0 Å². The lowest BCUT2D eigenvalue weighted by Crippen LogP contribution is -2.40. The van der Waals surface area contributed by atoms with E-state index in [1.54, 1.807) is 62.4 Å². The first-order valence-corrected chi connectivity index (χ1v) is 14.2. The van der Waals surface area contributed by atoms with Gasteiger partial charge in [0.1, 0.15) is 0 Å². The van der Waals surface area contributed by atoms with Crippen LogP contribution in [0, 0.1) is 0 Å². The van der Waals surface area contributed by atoms with E-state index in [1.807, 2.05) is 0 Å². The lowest BCUT2D eigenvalue weighted by molar-refractivity contribution is -0.137. The van der Waals surface area contributed by atoms with E-state index < -0.39 is 28.6 Å². The van der Waals surface area contributed by atoms with Gasteiger partial charge in [0, 0.05) is 19.5 Å². The quantitative estimate of drug-likeness (QED) is 0.326. The molecular formula is C29H34F3NO5S. The molecule has 0 radical (unpaired) electrons. The van der Waals surface area contributed by atoms with Gasteiger partial charge in [-0.05, 0) is 67.0 Å². The highest BCUT2D eigenvalue weighted by Crippen LogP contribution is 2.39. The van der Waals surface area contributed by atoms with E-state index in [0.29, 0.717) is 27.8 Å². The summed E-state index contributed by atoms with van der Waals surface area (Å²) in [7, 11) is -3.89.